The average molecular weight is 276 g/mol. The molecule has 0 spiro atoms. The number of aliphatic carboxylic acids is 2. The first-order valence-corrected chi connectivity index (χ1v) is 5.05. The van der Waals surface area contributed by atoms with E-state index in [1.165, 1.54) is 18.2 Å². The molecule has 0 fully saturated rings. The van der Waals surface area contributed by atoms with Crippen molar-refractivity contribution in [3.8, 4) is 0 Å². The first-order chi connectivity index (χ1) is 7.90. The molecule has 0 saturated carbocycles. The second-order valence-corrected chi connectivity index (χ2v) is 3.77. The van der Waals surface area contributed by atoms with E-state index in [0.29, 0.717) is 16.8 Å². The van der Waals surface area contributed by atoms with E-state index in [-0.39, 0.29) is 5.02 Å². The minimum absolute atomic E-state index is 0.233. The van der Waals surface area contributed by atoms with Gasteiger partial charge in [-0.05, 0) is 18.2 Å². The molecule has 1 aromatic carbocycles. The highest BCUT2D eigenvalue weighted by molar-refractivity contribution is 6.42. The van der Waals surface area contributed by atoms with Gasteiger partial charge in [-0.2, -0.15) is 0 Å². The minimum Gasteiger partial charge on any atom is -0.478 e. The van der Waals surface area contributed by atoms with Crippen LogP contribution in [0.4, 0.5) is 5.69 Å². The van der Waals surface area contributed by atoms with Gasteiger partial charge >= 0.3 is 11.9 Å². The molecule has 0 unspecified atom stereocenters. The van der Waals surface area contributed by atoms with Gasteiger partial charge in [0, 0.05) is 5.69 Å². The van der Waals surface area contributed by atoms with E-state index in [2.05, 4.69) is 5.32 Å². The maximum absolute atomic E-state index is 10.7. The molecule has 0 saturated heterocycles. The van der Waals surface area contributed by atoms with Gasteiger partial charge in [-0.3, -0.25) is 0 Å². The summed E-state index contributed by atoms with van der Waals surface area (Å²) in [5, 5.41) is 20.2. The van der Waals surface area contributed by atoms with Gasteiger partial charge in [-0.1, -0.05) is 23.2 Å². The maximum Gasteiger partial charge on any atom is 0.352 e. The van der Waals surface area contributed by atoms with Crippen molar-refractivity contribution >= 4 is 40.8 Å². The van der Waals surface area contributed by atoms with Crippen molar-refractivity contribution in [2.24, 2.45) is 0 Å². The zero-order chi connectivity index (χ0) is 13.0. The summed E-state index contributed by atoms with van der Waals surface area (Å²) in [6.07, 6.45) is 0.546. The Hall–Kier alpha value is -1.72. The zero-order valence-electron chi connectivity index (χ0n) is 8.28. The van der Waals surface area contributed by atoms with Gasteiger partial charge in [0.05, 0.1) is 16.1 Å². The van der Waals surface area contributed by atoms with Crippen molar-refractivity contribution in [2.45, 2.75) is 0 Å². The van der Waals surface area contributed by atoms with E-state index < -0.39 is 17.6 Å². The molecule has 0 atom stereocenters. The fourth-order valence-corrected chi connectivity index (χ4v) is 1.30. The fraction of sp³-hybridized carbons (Fsp3) is 0. The van der Waals surface area contributed by atoms with Crippen LogP contribution in [-0.4, -0.2) is 22.2 Å². The summed E-state index contributed by atoms with van der Waals surface area (Å²) < 4.78 is 0. The third-order valence-electron chi connectivity index (χ3n) is 1.70. The number of rotatable bonds is 4. The summed E-state index contributed by atoms with van der Waals surface area (Å²) in [5.74, 6) is -2.76. The predicted octanol–water partition coefficient (Wildman–Crippen LogP) is 2.46. The standard InChI is InChI=1S/C10H7Cl2NO4/c11-6-2-1-5(3-7(6)12)13-8(10(16)17)4-9(14)15/h1-4,13H,(H,14,15)(H,16,17)/b8-4-. The van der Waals surface area contributed by atoms with Crippen LogP contribution in [0.25, 0.3) is 0 Å². The van der Waals surface area contributed by atoms with Gasteiger partial charge in [0.1, 0.15) is 5.70 Å². The van der Waals surface area contributed by atoms with Crippen molar-refractivity contribution in [1.29, 1.82) is 0 Å². The Morgan fingerprint density at radius 2 is 1.82 bits per heavy atom. The summed E-state index contributed by atoms with van der Waals surface area (Å²) in [4.78, 5) is 21.1. The lowest BCUT2D eigenvalue weighted by Gasteiger charge is -2.07. The Labute approximate surface area is 106 Å². The van der Waals surface area contributed by atoms with Crippen molar-refractivity contribution in [3.05, 3.63) is 40.0 Å². The molecular weight excluding hydrogens is 269 g/mol. The number of benzene rings is 1. The molecule has 5 nitrogen and oxygen atoms in total. The molecule has 1 aromatic rings. The van der Waals surface area contributed by atoms with E-state index in [0.717, 1.165) is 0 Å². The molecule has 0 amide bonds. The number of anilines is 1. The summed E-state index contributed by atoms with van der Waals surface area (Å²) in [6, 6.07) is 4.34. The van der Waals surface area contributed by atoms with Crippen LogP contribution < -0.4 is 5.32 Å². The molecule has 7 heteroatoms. The van der Waals surface area contributed by atoms with E-state index in [1.54, 1.807) is 0 Å². The van der Waals surface area contributed by atoms with Gasteiger partial charge in [0.15, 0.2) is 0 Å². The Kier molecular flexibility index (Phi) is 4.37. The molecule has 17 heavy (non-hydrogen) atoms. The van der Waals surface area contributed by atoms with Crippen molar-refractivity contribution < 1.29 is 19.8 Å². The Bertz CT molecular complexity index is 499. The average Bonchev–Trinajstić information content (AvgIpc) is 2.21. The van der Waals surface area contributed by atoms with Crippen LogP contribution in [0.15, 0.2) is 30.0 Å². The van der Waals surface area contributed by atoms with Gasteiger partial charge in [0.25, 0.3) is 0 Å². The second kappa shape index (κ2) is 5.56. The highest BCUT2D eigenvalue weighted by Crippen LogP contribution is 2.25. The second-order valence-electron chi connectivity index (χ2n) is 2.96. The predicted molar refractivity (Wildman–Crippen MR) is 63.4 cm³/mol. The van der Waals surface area contributed by atoms with Gasteiger partial charge in [-0.25, -0.2) is 9.59 Å². The summed E-state index contributed by atoms with van der Waals surface area (Å²) in [7, 11) is 0. The number of hydrogen-bond donors (Lipinski definition) is 3. The third-order valence-corrected chi connectivity index (χ3v) is 2.44. The SMILES string of the molecule is O=C(O)/C=C(\Nc1ccc(Cl)c(Cl)c1)C(=O)O. The minimum atomic E-state index is -1.39. The smallest absolute Gasteiger partial charge is 0.352 e. The van der Waals surface area contributed by atoms with E-state index in [1.807, 2.05) is 0 Å². The maximum atomic E-state index is 10.7. The molecule has 90 valence electrons. The van der Waals surface area contributed by atoms with Crippen LogP contribution in [0.1, 0.15) is 0 Å². The number of nitrogens with one attached hydrogen (secondary N) is 1. The number of carboxylic acid groups (broad SMARTS) is 2. The van der Waals surface area contributed by atoms with Gasteiger partial charge in [-0.15, -0.1) is 0 Å². The quantitative estimate of drug-likeness (QED) is 0.735. The number of halogens is 2. The topological polar surface area (TPSA) is 86.6 Å². The largest absolute Gasteiger partial charge is 0.478 e. The highest BCUT2D eigenvalue weighted by atomic mass is 35.5. The van der Waals surface area contributed by atoms with Crippen molar-refractivity contribution in [3.63, 3.8) is 0 Å². The van der Waals surface area contributed by atoms with Crippen LogP contribution in [0, 0.1) is 0 Å². The van der Waals surface area contributed by atoms with Crippen LogP contribution >= 0.6 is 23.2 Å². The van der Waals surface area contributed by atoms with E-state index in [4.69, 9.17) is 33.4 Å². The van der Waals surface area contributed by atoms with Gasteiger partial charge in [0.2, 0.25) is 0 Å². The summed E-state index contributed by atoms with van der Waals surface area (Å²) in [5.41, 5.74) is -0.148. The Morgan fingerprint density at radius 3 is 2.29 bits per heavy atom. The Morgan fingerprint density at radius 1 is 1.18 bits per heavy atom. The molecular formula is C10H7Cl2NO4. The Balaban J connectivity index is 2.98. The van der Waals surface area contributed by atoms with Crippen molar-refractivity contribution in [2.75, 3.05) is 5.32 Å². The first-order valence-electron chi connectivity index (χ1n) is 4.30. The molecule has 1 rings (SSSR count). The molecule has 0 radical (unpaired) electrons. The number of hydrogen-bond acceptors (Lipinski definition) is 3. The monoisotopic (exact) mass is 275 g/mol. The van der Waals surface area contributed by atoms with E-state index in [9.17, 15) is 9.59 Å². The van der Waals surface area contributed by atoms with Crippen molar-refractivity contribution in [1.82, 2.24) is 0 Å². The summed E-state index contributed by atoms with van der Waals surface area (Å²) >= 11 is 11.4. The fourth-order valence-electron chi connectivity index (χ4n) is 1.00. The normalized spacial score (nSPS) is 11.1. The molecule has 0 aliphatic heterocycles. The lowest BCUT2D eigenvalue weighted by molar-refractivity contribution is -0.134. The molecule has 0 bridgehead atoms. The number of carbonyl (C=O) groups is 2. The first kappa shape index (κ1) is 13.3. The third kappa shape index (κ3) is 3.97. The lowest BCUT2D eigenvalue weighted by Crippen LogP contribution is -2.12. The van der Waals surface area contributed by atoms with Crippen LogP contribution in [-0.2, 0) is 9.59 Å². The summed E-state index contributed by atoms with van der Waals surface area (Å²) in [6.45, 7) is 0. The molecule has 0 heterocycles. The van der Waals surface area contributed by atoms with Gasteiger partial charge < -0.3 is 15.5 Å². The molecule has 3 N–H and O–H groups in total. The number of carboxylic acids is 2. The van der Waals surface area contributed by atoms with Crippen LogP contribution in [0.3, 0.4) is 0 Å². The zero-order valence-corrected chi connectivity index (χ0v) is 9.79. The van der Waals surface area contributed by atoms with Crippen LogP contribution in [0.5, 0.6) is 0 Å². The highest BCUT2D eigenvalue weighted by Gasteiger charge is 2.10. The molecule has 0 aliphatic rings. The van der Waals surface area contributed by atoms with Crippen LogP contribution in [0.2, 0.25) is 10.0 Å². The van der Waals surface area contributed by atoms with E-state index >= 15 is 0 Å². The molecule has 0 aliphatic carbocycles. The lowest BCUT2D eigenvalue weighted by atomic mass is 10.3. The molecule has 0 aromatic heterocycles.